The molecule has 0 aromatic carbocycles. The molecule has 0 saturated heterocycles. The van der Waals surface area contributed by atoms with Gasteiger partial charge >= 0.3 is 0 Å². The normalized spacial score (nSPS) is 7.75. The van der Waals surface area contributed by atoms with Gasteiger partial charge in [-0.05, 0) is 0 Å². The molecule has 0 rings (SSSR count). The van der Waals surface area contributed by atoms with Crippen molar-refractivity contribution in [3.05, 3.63) is 0 Å². The average molecular weight is 118 g/mol. The molecule has 0 bridgehead atoms. The maximum absolute atomic E-state index is 9.63. The van der Waals surface area contributed by atoms with Gasteiger partial charge in [0.15, 0.2) is 0 Å². The van der Waals surface area contributed by atoms with Crippen molar-refractivity contribution in [1.29, 1.82) is 0 Å². The van der Waals surface area contributed by atoms with E-state index in [1.165, 1.54) is 0 Å². The van der Waals surface area contributed by atoms with Gasteiger partial charge < -0.3 is 0 Å². The zero-order valence-electron chi connectivity index (χ0n) is 4.02. The summed E-state index contributed by atoms with van der Waals surface area (Å²) >= 11 is 0. The molecular formula is C2H6N4O2. The Balaban J connectivity index is 3.60. The maximum atomic E-state index is 9.63. The second-order valence-electron chi connectivity index (χ2n) is 0.971. The van der Waals surface area contributed by atoms with Gasteiger partial charge in [-0.3, -0.25) is 9.59 Å². The Morgan fingerprint density at radius 1 is 1.00 bits per heavy atom. The lowest BCUT2D eigenvalue weighted by Gasteiger charge is -2.16. The summed E-state index contributed by atoms with van der Waals surface area (Å²) in [6, 6.07) is 0. The van der Waals surface area contributed by atoms with Crippen LogP contribution in [0.5, 0.6) is 0 Å². The fraction of sp³-hybridized carbons (Fsp3) is 0. The van der Waals surface area contributed by atoms with E-state index < -0.39 is 0 Å². The number of carbonyl (C=O) groups excluding carboxylic acids is 2. The fourth-order valence-electron chi connectivity index (χ4n) is 0.109. The highest BCUT2D eigenvalue weighted by atomic mass is 16.2. The topological polar surface area (TPSA) is 92.7 Å². The molecule has 6 nitrogen and oxygen atoms in total. The molecule has 8 heavy (non-hydrogen) atoms. The summed E-state index contributed by atoms with van der Waals surface area (Å²) in [6.07, 6.45) is 0.406. The molecule has 0 spiro atoms. The first-order valence-electron chi connectivity index (χ1n) is 1.70. The van der Waals surface area contributed by atoms with E-state index in [1.54, 1.807) is 0 Å². The number of nitrogens with zero attached hydrogens (tertiary/aromatic N) is 2. The lowest BCUT2D eigenvalue weighted by atomic mass is 11.2. The molecule has 0 fully saturated rings. The van der Waals surface area contributed by atoms with Crippen molar-refractivity contribution in [2.75, 3.05) is 0 Å². The molecule has 0 radical (unpaired) electrons. The standard InChI is InChI=1S/C2H6N4O2/c3-5(1-7)6(4)2-8/h1-2H,3-4H2. The van der Waals surface area contributed by atoms with E-state index in [1.807, 2.05) is 0 Å². The minimum Gasteiger partial charge on any atom is -0.275 e. The van der Waals surface area contributed by atoms with E-state index in [0.717, 1.165) is 0 Å². The Kier molecular flexibility index (Phi) is 2.52. The van der Waals surface area contributed by atoms with E-state index >= 15 is 0 Å². The summed E-state index contributed by atoms with van der Waals surface area (Å²) in [6.45, 7) is 0. The Labute approximate surface area is 45.5 Å². The van der Waals surface area contributed by atoms with Crippen LogP contribution in [0.15, 0.2) is 0 Å². The molecule has 0 atom stereocenters. The van der Waals surface area contributed by atoms with Gasteiger partial charge in [0.25, 0.3) is 0 Å². The van der Waals surface area contributed by atoms with Crippen LogP contribution >= 0.6 is 0 Å². The van der Waals surface area contributed by atoms with Crippen molar-refractivity contribution in [3.8, 4) is 0 Å². The van der Waals surface area contributed by atoms with Crippen LogP contribution < -0.4 is 11.7 Å². The molecule has 0 unspecified atom stereocenters. The van der Waals surface area contributed by atoms with Crippen LogP contribution in [0.3, 0.4) is 0 Å². The molecule has 2 amide bonds. The first kappa shape index (κ1) is 6.86. The van der Waals surface area contributed by atoms with Crippen molar-refractivity contribution in [2.24, 2.45) is 11.7 Å². The zero-order valence-corrected chi connectivity index (χ0v) is 4.02. The molecule has 0 saturated carbocycles. The van der Waals surface area contributed by atoms with E-state index in [0.29, 0.717) is 10.2 Å². The lowest BCUT2D eigenvalue weighted by Crippen LogP contribution is -2.49. The van der Waals surface area contributed by atoms with Gasteiger partial charge in [0.05, 0.1) is 0 Å². The van der Waals surface area contributed by atoms with E-state index in [9.17, 15) is 9.59 Å². The van der Waals surface area contributed by atoms with E-state index in [-0.39, 0.29) is 12.8 Å². The van der Waals surface area contributed by atoms with Gasteiger partial charge in [0, 0.05) is 0 Å². The third kappa shape index (κ3) is 1.54. The first-order valence-corrected chi connectivity index (χ1v) is 1.70. The van der Waals surface area contributed by atoms with Crippen LogP contribution in [0.1, 0.15) is 0 Å². The van der Waals surface area contributed by atoms with Gasteiger partial charge in [-0.15, -0.1) is 0 Å². The SMILES string of the molecule is NN(C=O)N(N)C=O. The number of hydrazine groups is 3. The predicted molar refractivity (Wildman–Crippen MR) is 24.2 cm³/mol. The van der Waals surface area contributed by atoms with Crippen molar-refractivity contribution in [2.45, 2.75) is 0 Å². The van der Waals surface area contributed by atoms with Crippen LogP contribution in [-0.2, 0) is 9.59 Å². The molecule has 0 aliphatic heterocycles. The predicted octanol–water partition coefficient (Wildman–Crippen LogP) is -2.43. The van der Waals surface area contributed by atoms with Crippen molar-refractivity contribution >= 4 is 12.8 Å². The lowest BCUT2D eigenvalue weighted by molar-refractivity contribution is -0.147. The summed E-state index contributed by atoms with van der Waals surface area (Å²) in [7, 11) is 0. The Morgan fingerprint density at radius 2 is 1.25 bits per heavy atom. The first-order chi connectivity index (χ1) is 3.72. The van der Waals surface area contributed by atoms with Crippen molar-refractivity contribution in [3.63, 3.8) is 0 Å². The highest BCUT2D eigenvalue weighted by Gasteiger charge is 1.96. The van der Waals surface area contributed by atoms with Crippen molar-refractivity contribution in [1.82, 2.24) is 10.2 Å². The summed E-state index contributed by atoms with van der Waals surface area (Å²) in [5.41, 5.74) is 0. The number of hydrogen-bond acceptors (Lipinski definition) is 4. The molecule has 0 aromatic rings. The Hall–Kier alpha value is -1.14. The smallest absolute Gasteiger partial charge is 0.244 e. The second-order valence-corrected chi connectivity index (χ2v) is 0.971. The zero-order chi connectivity index (χ0) is 6.57. The van der Waals surface area contributed by atoms with Gasteiger partial charge in [-0.2, -0.15) is 10.2 Å². The second kappa shape index (κ2) is 2.94. The molecule has 0 heterocycles. The number of amides is 2. The fourth-order valence-corrected chi connectivity index (χ4v) is 0.109. The molecule has 0 aromatic heterocycles. The summed E-state index contributed by atoms with van der Waals surface area (Å²) in [5, 5.41) is 0.819. The van der Waals surface area contributed by atoms with Crippen LogP contribution in [0, 0.1) is 0 Å². The van der Waals surface area contributed by atoms with Crippen LogP contribution in [0.2, 0.25) is 0 Å². The largest absolute Gasteiger partial charge is 0.275 e. The molecule has 46 valence electrons. The monoisotopic (exact) mass is 118 g/mol. The Morgan fingerprint density at radius 3 is 1.38 bits per heavy atom. The molecule has 0 aliphatic rings. The number of rotatable bonds is 3. The van der Waals surface area contributed by atoms with Crippen LogP contribution in [-0.4, -0.2) is 23.1 Å². The van der Waals surface area contributed by atoms with Crippen LogP contribution in [0.25, 0.3) is 0 Å². The third-order valence-corrected chi connectivity index (χ3v) is 0.483. The van der Waals surface area contributed by atoms with E-state index in [2.05, 4.69) is 0 Å². The van der Waals surface area contributed by atoms with Gasteiger partial charge in [-0.25, -0.2) is 11.7 Å². The van der Waals surface area contributed by atoms with Gasteiger partial charge in [0.1, 0.15) is 0 Å². The molecule has 0 aliphatic carbocycles. The Bertz CT molecular complexity index is 82.0. The number of carbonyl (C=O) groups is 2. The molecular weight excluding hydrogens is 112 g/mol. The molecule has 6 heteroatoms. The van der Waals surface area contributed by atoms with Gasteiger partial charge in [-0.1, -0.05) is 0 Å². The summed E-state index contributed by atoms with van der Waals surface area (Å²) in [5.74, 6) is 9.52. The highest BCUT2D eigenvalue weighted by Crippen LogP contribution is 1.66. The minimum atomic E-state index is 0.203. The average Bonchev–Trinajstić information content (AvgIpc) is 1.84. The highest BCUT2D eigenvalue weighted by molar-refractivity contribution is 5.52. The maximum Gasteiger partial charge on any atom is 0.244 e. The third-order valence-electron chi connectivity index (χ3n) is 0.483. The quantitative estimate of drug-likeness (QED) is 0.186. The molecule has 4 N–H and O–H groups in total. The number of nitrogens with two attached hydrogens (primary N) is 2. The minimum absolute atomic E-state index is 0.203. The van der Waals surface area contributed by atoms with Gasteiger partial charge in [0.2, 0.25) is 12.8 Å². The number of hydrogen-bond donors (Lipinski definition) is 2. The van der Waals surface area contributed by atoms with Crippen LogP contribution in [0.4, 0.5) is 0 Å². The van der Waals surface area contributed by atoms with E-state index in [4.69, 9.17) is 11.7 Å². The summed E-state index contributed by atoms with van der Waals surface area (Å²) in [4.78, 5) is 19.3. The van der Waals surface area contributed by atoms with Crippen molar-refractivity contribution < 1.29 is 9.59 Å². The summed E-state index contributed by atoms with van der Waals surface area (Å²) < 4.78 is 0.